The molecule has 1 saturated heterocycles. The molecule has 1 aromatic rings. The van der Waals surface area contributed by atoms with Crippen molar-refractivity contribution >= 4 is 35.1 Å². The van der Waals surface area contributed by atoms with Crippen molar-refractivity contribution in [2.75, 3.05) is 43.1 Å². The lowest BCUT2D eigenvalue weighted by Crippen LogP contribution is -2.45. The maximum atomic E-state index is 12.7. The smallest absolute Gasteiger partial charge is 0.356 e. The molecule has 1 fully saturated rings. The fourth-order valence-corrected chi connectivity index (χ4v) is 3.55. The number of nitrogens with zero attached hydrogens (tertiary/aromatic N) is 3. The van der Waals surface area contributed by atoms with Gasteiger partial charge in [-0.15, -0.1) is 6.58 Å². The van der Waals surface area contributed by atoms with Crippen LogP contribution in [0.1, 0.15) is 12.0 Å². The van der Waals surface area contributed by atoms with Crippen LogP contribution in [0.15, 0.2) is 29.9 Å². The summed E-state index contributed by atoms with van der Waals surface area (Å²) in [6.45, 7) is 5.70. The molecule has 5 nitrogen and oxygen atoms in total. The number of aliphatic imine (C=N–C) groups is 1. The standard InChI is InChI=1S/C17H23ClF3N5S/c1-3-7-27-8-5-23-16(22-2)25-13-4-6-26(11-13)15-14(18)9-12(10-24-15)17(19,20)21/h3,9-10,13H,1,4-8,11H2,2H3,(H2,22,23,25). The van der Waals surface area contributed by atoms with Gasteiger partial charge in [0.15, 0.2) is 5.96 Å². The molecule has 2 heterocycles. The highest BCUT2D eigenvalue weighted by atomic mass is 35.5. The quantitative estimate of drug-likeness (QED) is 0.306. The molecule has 0 radical (unpaired) electrons. The fourth-order valence-electron chi connectivity index (χ4n) is 2.69. The molecule has 0 aromatic carbocycles. The molecule has 1 aromatic heterocycles. The molecule has 150 valence electrons. The van der Waals surface area contributed by atoms with E-state index in [2.05, 4.69) is 27.2 Å². The van der Waals surface area contributed by atoms with Gasteiger partial charge in [-0.3, -0.25) is 4.99 Å². The number of halogens is 4. The van der Waals surface area contributed by atoms with Crippen molar-refractivity contribution in [1.29, 1.82) is 0 Å². The Hall–Kier alpha value is -1.61. The monoisotopic (exact) mass is 421 g/mol. The van der Waals surface area contributed by atoms with Gasteiger partial charge < -0.3 is 15.5 Å². The zero-order valence-corrected chi connectivity index (χ0v) is 16.6. The van der Waals surface area contributed by atoms with Crippen LogP contribution in [0.2, 0.25) is 5.02 Å². The van der Waals surface area contributed by atoms with Gasteiger partial charge in [0, 0.05) is 50.4 Å². The lowest BCUT2D eigenvalue weighted by atomic mass is 10.2. The maximum absolute atomic E-state index is 12.7. The molecule has 2 rings (SSSR count). The van der Waals surface area contributed by atoms with E-state index in [4.69, 9.17) is 11.6 Å². The Labute approximate surface area is 166 Å². The topological polar surface area (TPSA) is 52.6 Å². The third kappa shape index (κ3) is 6.49. The first-order valence-corrected chi connectivity index (χ1v) is 10.0. The van der Waals surface area contributed by atoms with Crippen LogP contribution in [0, 0.1) is 0 Å². The Morgan fingerprint density at radius 3 is 2.96 bits per heavy atom. The highest BCUT2D eigenvalue weighted by Crippen LogP contribution is 2.34. The minimum atomic E-state index is -4.45. The first-order valence-electron chi connectivity index (χ1n) is 8.48. The molecule has 2 N–H and O–H groups in total. The van der Waals surface area contributed by atoms with E-state index in [-0.39, 0.29) is 11.1 Å². The molecule has 1 unspecified atom stereocenters. The Morgan fingerprint density at radius 1 is 1.56 bits per heavy atom. The van der Waals surface area contributed by atoms with Crippen LogP contribution in [-0.4, -0.2) is 55.2 Å². The number of hydrogen-bond donors (Lipinski definition) is 2. The minimum Gasteiger partial charge on any atom is -0.356 e. The van der Waals surface area contributed by atoms with E-state index >= 15 is 0 Å². The maximum Gasteiger partial charge on any atom is 0.417 e. The molecule has 0 saturated carbocycles. The largest absolute Gasteiger partial charge is 0.417 e. The normalized spacial score (nSPS) is 17.9. The lowest BCUT2D eigenvalue weighted by molar-refractivity contribution is -0.137. The van der Waals surface area contributed by atoms with Gasteiger partial charge in [0.2, 0.25) is 0 Å². The Bertz CT molecular complexity index is 668. The average Bonchev–Trinajstić information content (AvgIpc) is 3.07. The average molecular weight is 422 g/mol. The third-order valence-corrected chi connectivity index (χ3v) is 5.22. The van der Waals surface area contributed by atoms with Crippen LogP contribution in [-0.2, 0) is 6.18 Å². The summed E-state index contributed by atoms with van der Waals surface area (Å²) in [5.41, 5.74) is -0.843. The summed E-state index contributed by atoms with van der Waals surface area (Å²) in [4.78, 5) is 10.0. The number of guanidine groups is 1. The summed E-state index contributed by atoms with van der Waals surface area (Å²) in [5.74, 6) is 2.92. The molecule has 0 bridgehead atoms. The number of thioether (sulfide) groups is 1. The molecule has 0 spiro atoms. The van der Waals surface area contributed by atoms with Gasteiger partial charge in [-0.25, -0.2) is 4.98 Å². The highest BCUT2D eigenvalue weighted by molar-refractivity contribution is 7.99. The van der Waals surface area contributed by atoms with Gasteiger partial charge in [0.05, 0.1) is 10.6 Å². The van der Waals surface area contributed by atoms with Gasteiger partial charge in [0.25, 0.3) is 0 Å². The first kappa shape index (κ1) is 21.7. The zero-order valence-electron chi connectivity index (χ0n) is 15.0. The number of nitrogens with one attached hydrogen (secondary N) is 2. The van der Waals surface area contributed by atoms with Gasteiger partial charge in [-0.05, 0) is 12.5 Å². The van der Waals surface area contributed by atoms with E-state index < -0.39 is 11.7 Å². The van der Waals surface area contributed by atoms with Crippen molar-refractivity contribution in [1.82, 2.24) is 15.6 Å². The summed E-state index contributed by atoms with van der Waals surface area (Å²) in [6, 6.07) is 1.03. The van der Waals surface area contributed by atoms with Gasteiger partial charge in [-0.2, -0.15) is 24.9 Å². The van der Waals surface area contributed by atoms with Crippen LogP contribution in [0.4, 0.5) is 19.0 Å². The summed E-state index contributed by atoms with van der Waals surface area (Å²) >= 11 is 7.81. The second kappa shape index (κ2) is 10.1. The highest BCUT2D eigenvalue weighted by Gasteiger charge is 2.33. The van der Waals surface area contributed by atoms with Crippen LogP contribution in [0.5, 0.6) is 0 Å². The Morgan fingerprint density at radius 2 is 2.33 bits per heavy atom. The SMILES string of the molecule is C=CCSCCNC(=NC)NC1CCN(c2ncc(C(F)(F)F)cc2Cl)C1. The number of hydrogen-bond acceptors (Lipinski definition) is 4. The van der Waals surface area contributed by atoms with Crippen molar-refractivity contribution in [2.24, 2.45) is 4.99 Å². The van der Waals surface area contributed by atoms with Crippen LogP contribution in [0.25, 0.3) is 0 Å². The Kier molecular flexibility index (Phi) is 8.09. The minimum absolute atomic E-state index is 0.00669. The number of rotatable bonds is 7. The van der Waals surface area contributed by atoms with Gasteiger partial charge in [0.1, 0.15) is 5.82 Å². The summed E-state index contributed by atoms with van der Waals surface area (Å²) < 4.78 is 38.2. The molecular weight excluding hydrogens is 399 g/mol. The lowest BCUT2D eigenvalue weighted by Gasteiger charge is -2.21. The van der Waals surface area contributed by atoms with Gasteiger partial charge >= 0.3 is 6.18 Å². The van der Waals surface area contributed by atoms with Crippen LogP contribution < -0.4 is 15.5 Å². The van der Waals surface area contributed by atoms with E-state index in [9.17, 15) is 13.2 Å². The Balaban J connectivity index is 1.88. The third-order valence-electron chi connectivity index (χ3n) is 3.98. The van der Waals surface area contributed by atoms with Crippen molar-refractivity contribution < 1.29 is 13.2 Å². The number of anilines is 1. The summed E-state index contributed by atoms with van der Waals surface area (Å²) in [6.07, 6.45) is -0.952. The summed E-state index contributed by atoms with van der Waals surface area (Å²) in [5, 5.41) is 6.58. The molecule has 0 aliphatic carbocycles. The molecule has 1 aliphatic rings. The molecule has 0 amide bonds. The first-order chi connectivity index (χ1) is 12.8. The molecule has 1 aliphatic heterocycles. The number of alkyl halides is 3. The molecule has 1 atom stereocenters. The fraction of sp³-hybridized carbons (Fsp3) is 0.529. The van der Waals surface area contributed by atoms with Gasteiger partial charge in [-0.1, -0.05) is 17.7 Å². The zero-order chi connectivity index (χ0) is 19.9. The molecular formula is C17H23ClF3N5S. The van der Waals surface area contributed by atoms with Crippen molar-refractivity contribution in [2.45, 2.75) is 18.6 Å². The van der Waals surface area contributed by atoms with Crippen molar-refractivity contribution in [3.63, 3.8) is 0 Å². The van der Waals surface area contributed by atoms with Crippen molar-refractivity contribution in [3.8, 4) is 0 Å². The van der Waals surface area contributed by atoms with E-state index in [1.54, 1.807) is 18.8 Å². The van der Waals surface area contributed by atoms with E-state index in [1.807, 2.05) is 11.0 Å². The van der Waals surface area contributed by atoms with E-state index in [0.717, 1.165) is 36.7 Å². The molecule has 10 heteroatoms. The van der Waals surface area contributed by atoms with E-state index in [1.165, 1.54) is 0 Å². The summed E-state index contributed by atoms with van der Waals surface area (Å²) in [7, 11) is 1.70. The van der Waals surface area contributed by atoms with E-state index in [0.29, 0.717) is 24.9 Å². The molecule has 27 heavy (non-hydrogen) atoms. The number of aromatic nitrogens is 1. The van der Waals surface area contributed by atoms with Crippen LogP contribution in [0.3, 0.4) is 0 Å². The second-order valence-corrected chi connectivity index (χ2v) is 7.52. The van der Waals surface area contributed by atoms with Crippen molar-refractivity contribution in [3.05, 3.63) is 35.5 Å². The second-order valence-electron chi connectivity index (χ2n) is 5.97. The predicted octanol–water partition coefficient (Wildman–Crippen LogP) is 3.42. The number of pyridine rings is 1. The predicted molar refractivity (Wildman–Crippen MR) is 107 cm³/mol. The van der Waals surface area contributed by atoms with Crippen LogP contribution >= 0.6 is 23.4 Å².